The molecule has 11 heteroatoms. The Balaban J connectivity index is 5.02. The van der Waals surface area contributed by atoms with Crippen molar-refractivity contribution in [3.63, 3.8) is 0 Å². The van der Waals surface area contributed by atoms with Crippen LogP contribution in [0.5, 0.6) is 0 Å². The zero-order valence-electron chi connectivity index (χ0n) is 14.7. The van der Waals surface area contributed by atoms with Gasteiger partial charge in [0.05, 0.1) is 12.5 Å². The number of carboxylic acid groups (broad SMARTS) is 2. The van der Waals surface area contributed by atoms with Crippen LogP contribution < -0.4 is 22.1 Å². The average molecular weight is 374 g/mol. The third-order valence-corrected chi connectivity index (χ3v) is 3.37. The van der Waals surface area contributed by atoms with E-state index in [4.69, 9.17) is 21.7 Å². The van der Waals surface area contributed by atoms with Crippen molar-refractivity contribution in [2.75, 3.05) is 0 Å². The summed E-state index contributed by atoms with van der Waals surface area (Å²) in [6.45, 7) is 3.52. The Hall–Kier alpha value is -2.69. The van der Waals surface area contributed by atoms with E-state index >= 15 is 0 Å². The predicted molar refractivity (Wildman–Crippen MR) is 89.6 cm³/mol. The number of hydrogen-bond donors (Lipinski definition) is 6. The molecule has 0 bridgehead atoms. The van der Waals surface area contributed by atoms with Crippen LogP contribution in [-0.4, -0.2) is 58.0 Å². The van der Waals surface area contributed by atoms with Crippen LogP contribution in [0.15, 0.2) is 0 Å². The SMILES string of the molecule is CC(C)CC(NC(=O)C(CC(=O)O)NC(=O)C(N)CCC(N)=O)C(=O)O. The van der Waals surface area contributed by atoms with Crippen molar-refractivity contribution in [3.05, 3.63) is 0 Å². The van der Waals surface area contributed by atoms with Crippen LogP contribution in [0, 0.1) is 5.92 Å². The average Bonchev–Trinajstić information content (AvgIpc) is 2.49. The van der Waals surface area contributed by atoms with E-state index in [0.717, 1.165) is 0 Å². The highest BCUT2D eigenvalue weighted by atomic mass is 16.4. The second kappa shape index (κ2) is 11.0. The van der Waals surface area contributed by atoms with Crippen LogP contribution in [0.3, 0.4) is 0 Å². The first-order chi connectivity index (χ1) is 11.9. The number of amides is 3. The summed E-state index contributed by atoms with van der Waals surface area (Å²) in [5, 5.41) is 22.4. The maximum atomic E-state index is 12.2. The van der Waals surface area contributed by atoms with Gasteiger partial charge in [-0.2, -0.15) is 0 Å². The van der Waals surface area contributed by atoms with Gasteiger partial charge in [0.2, 0.25) is 17.7 Å². The number of carbonyl (C=O) groups excluding carboxylic acids is 3. The lowest BCUT2D eigenvalue weighted by molar-refractivity contribution is -0.143. The lowest BCUT2D eigenvalue weighted by atomic mass is 10.0. The highest BCUT2D eigenvalue weighted by Gasteiger charge is 2.29. The Labute approximate surface area is 150 Å². The van der Waals surface area contributed by atoms with Crippen LogP contribution in [0.1, 0.15) is 39.5 Å². The van der Waals surface area contributed by atoms with Gasteiger partial charge in [-0.3, -0.25) is 19.2 Å². The maximum absolute atomic E-state index is 12.2. The maximum Gasteiger partial charge on any atom is 0.326 e. The van der Waals surface area contributed by atoms with E-state index in [2.05, 4.69) is 10.6 Å². The minimum Gasteiger partial charge on any atom is -0.481 e. The Bertz CT molecular complexity index is 550. The topological polar surface area (TPSA) is 202 Å². The minimum absolute atomic E-state index is 0.0360. The molecule has 0 fully saturated rings. The van der Waals surface area contributed by atoms with Crippen LogP contribution >= 0.6 is 0 Å². The second-order valence-electron chi connectivity index (χ2n) is 6.30. The fraction of sp³-hybridized carbons (Fsp3) is 0.667. The van der Waals surface area contributed by atoms with E-state index in [-0.39, 0.29) is 25.2 Å². The number of nitrogens with two attached hydrogens (primary N) is 2. The lowest BCUT2D eigenvalue weighted by Gasteiger charge is -2.22. The molecule has 3 unspecified atom stereocenters. The zero-order valence-corrected chi connectivity index (χ0v) is 14.7. The van der Waals surface area contributed by atoms with Gasteiger partial charge in [0.1, 0.15) is 12.1 Å². The number of aliphatic carboxylic acids is 2. The summed E-state index contributed by atoms with van der Waals surface area (Å²) in [5.74, 6) is -5.13. The molecule has 0 aromatic rings. The molecular formula is C15H26N4O7. The number of carbonyl (C=O) groups is 5. The molecule has 8 N–H and O–H groups in total. The normalized spacial score (nSPS) is 14.2. The first-order valence-corrected chi connectivity index (χ1v) is 8.03. The molecule has 3 amide bonds. The zero-order chi connectivity index (χ0) is 20.4. The molecule has 0 saturated carbocycles. The largest absolute Gasteiger partial charge is 0.481 e. The van der Waals surface area contributed by atoms with Crippen LogP contribution in [-0.2, 0) is 24.0 Å². The monoisotopic (exact) mass is 374 g/mol. The molecule has 3 atom stereocenters. The van der Waals surface area contributed by atoms with Crippen molar-refractivity contribution >= 4 is 29.7 Å². The number of carboxylic acids is 2. The molecule has 0 aliphatic heterocycles. The van der Waals surface area contributed by atoms with Gasteiger partial charge in [-0.25, -0.2) is 4.79 Å². The van der Waals surface area contributed by atoms with Crippen molar-refractivity contribution in [3.8, 4) is 0 Å². The van der Waals surface area contributed by atoms with E-state index < -0.39 is 54.2 Å². The van der Waals surface area contributed by atoms with Crippen LogP contribution in [0.2, 0.25) is 0 Å². The third-order valence-electron chi connectivity index (χ3n) is 3.37. The molecule has 0 saturated heterocycles. The van der Waals surface area contributed by atoms with Gasteiger partial charge in [0.25, 0.3) is 0 Å². The standard InChI is InChI=1S/C15H26N4O7/c1-7(2)5-10(15(25)26)19-14(24)9(6-12(21)22)18-13(23)8(16)3-4-11(17)20/h7-10H,3-6,16H2,1-2H3,(H2,17,20)(H,18,23)(H,19,24)(H,21,22)(H,25,26). The molecule has 26 heavy (non-hydrogen) atoms. The Morgan fingerprint density at radius 3 is 1.92 bits per heavy atom. The summed E-state index contributed by atoms with van der Waals surface area (Å²) in [7, 11) is 0. The first-order valence-electron chi connectivity index (χ1n) is 8.03. The highest BCUT2D eigenvalue weighted by molar-refractivity contribution is 5.94. The summed E-state index contributed by atoms with van der Waals surface area (Å²) in [6, 6.07) is -3.90. The molecule has 0 rings (SSSR count). The minimum atomic E-state index is -1.51. The number of primary amides is 1. The molecule has 148 valence electrons. The predicted octanol–water partition coefficient (Wildman–Crippen LogP) is -1.85. The Morgan fingerprint density at radius 1 is 0.962 bits per heavy atom. The Kier molecular flexibility index (Phi) is 9.89. The lowest BCUT2D eigenvalue weighted by Crippen LogP contribution is -2.55. The number of hydrogen-bond acceptors (Lipinski definition) is 6. The fourth-order valence-electron chi connectivity index (χ4n) is 2.06. The van der Waals surface area contributed by atoms with Gasteiger partial charge < -0.3 is 32.3 Å². The van der Waals surface area contributed by atoms with Crippen molar-refractivity contribution in [2.45, 2.75) is 57.7 Å². The first kappa shape index (κ1) is 23.3. The molecular weight excluding hydrogens is 348 g/mol. The van der Waals surface area contributed by atoms with Gasteiger partial charge in [-0.05, 0) is 18.8 Å². The van der Waals surface area contributed by atoms with Crippen molar-refractivity contribution in [1.82, 2.24) is 10.6 Å². The van der Waals surface area contributed by atoms with Crippen molar-refractivity contribution < 1.29 is 34.2 Å². The van der Waals surface area contributed by atoms with Crippen LogP contribution in [0.4, 0.5) is 0 Å². The van der Waals surface area contributed by atoms with Gasteiger partial charge in [0, 0.05) is 6.42 Å². The summed E-state index contributed by atoms with van der Waals surface area (Å²) in [6.07, 6.45) is -0.853. The van der Waals surface area contributed by atoms with Gasteiger partial charge in [-0.1, -0.05) is 13.8 Å². The summed E-state index contributed by atoms with van der Waals surface area (Å²) >= 11 is 0. The molecule has 0 aliphatic carbocycles. The second-order valence-corrected chi connectivity index (χ2v) is 6.30. The fourth-order valence-corrected chi connectivity index (χ4v) is 2.06. The van der Waals surface area contributed by atoms with E-state index in [9.17, 15) is 24.0 Å². The molecule has 0 radical (unpaired) electrons. The summed E-state index contributed by atoms with van der Waals surface area (Å²) in [5.41, 5.74) is 10.5. The third kappa shape index (κ3) is 9.57. The smallest absolute Gasteiger partial charge is 0.326 e. The van der Waals surface area contributed by atoms with E-state index in [1.54, 1.807) is 13.8 Å². The molecule has 0 spiro atoms. The van der Waals surface area contributed by atoms with E-state index in [1.807, 2.05) is 0 Å². The molecule has 11 nitrogen and oxygen atoms in total. The van der Waals surface area contributed by atoms with Crippen LogP contribution in [0.25, 0.3) is 0 Å². The van der Waals surface area contributed by atoms with Crippen molar-refractivity contribution in [1.29, 1.82) is 0 Å². The van der Waals surface area contributed by atoms with Gasteiger partial charge in [0.15, 0.2) is 0 Å². The van der Waals surface area contributed by atoms with E-state index in [0.29, 0.717) is 0 Å². The quantitative estimate of drug-likeness (QED) is 0.228. The highest BCUT2D eigenvalue weighted by Crippen LogP contribution is 2.06. The van der Waals surface area contributed by atoms with Gasteiger partial charge >= 0.3 is 11.9 Å². The van der Waals surface area contributed by atoms with E-state index in [1.165, 1.54) is 0 Å². The van der Waals surface area contributed by atoms with Gasteiger partial charge in [-0.15, -0.1) is 0 Å². The van der Waals surface area contributed by atoms with Crippen molar-refractivity contribution in [2.24, 2.45) is 17.4 Å². The summed E-state index contributed by atoms with van der Waals surface area (Å²) < 4.78 is 0. The number of nitrogens with one attached hydrogen (secondary N) is 2. The molecule has 0 aromatic carbocycles. The number of rotatable bonds is 12. The molecule has 0 aliphatic rings. The molecule has 0 aromatic heterocycles. The Morgan fingerprint density at radius 2 is 1.50 bits per heavy atom. The summed E-state index contributed by atoms with van der Waals surface area (Å²) in [4.78, 5) is 57.1. The molecule has 0 heterocycles.